The third-order valence-electron chi connectivity index (χ3n) is 4.08. The van der Waals surface area contributed by atoms with Gasteiger partial charge in [0.1, 0.15) is 11.6 Å². The quantitative estimate of drug-likeness (QED) is 0.856. The largest absolute Gasteiger partial charge is 0.508 e. The number of hydrogen-bond acceptors (Lipinski definition) is 2. The number of hydrogen-bond donors (Lipinski definition) is 1. The number of nitrogens with zero attached hydrogens (tertiary/aromatic N) is 2. The molecule has 0 unspecified atom stereocenters. The van der Waals surface area contributed by atoms with Gasteiger partial charge in [0.25, 0.3) is 0 Å². The molecule has 0 aliphatic heterocycles. The van der Waals surface area contributed by atoms with Gasteiger partial charge in [0, 0.05) is 18.0 Å². The maximum Gasteiger partial charge on any atom is 0.117 e. The Hall–Kier alpha value is -1.51. The van der Waals surface area contributed by atoms with Crippen LogP contribution in [0.15, 0.2) is 18.2 Å². The molecule has 0 saturated heterocycles. The first-order valence-electron chi connectivity index (χ1n) is 6.54. The van der Waals surface area contributed by atoms with Crippen molar-refractivity contribution in [2.75, 3.05) is 0 Å². The van der Waals surface area contributed by atoms with Crippen molar-refractivity contribution in [2.24, 2.45) is 0 Å². The lowest BCUT2D eigenvalue weighted by molar-refractivity contribution is 0.389. The predicted molar refractivity (Wildman–Crippen MR) is 66.3 cm³/mol. The zero-order valence-corrected chi connectivity index (χ0v) is 9.76. The smallest absolute Gasteiger partial charge is 0.117 e. The lowest BCUT2D eigenvalue weighted by atomic mass is 9.85. The van der Waals surface area contributed by atoms with E-state index in [4.69, 9.17) is 4.98 Å². The molecule has 2 saturated carbocycles. The third kappa shape index (κ3) is 1.38. The first-order chi connectivity index (χ1) is 8.33. The molecule has 3 heteroatoms. The minimum absolute atomic E-state index is 0.347. The van der Waals surface area contributed by atoms with E-state index in [0.29, 0.717) is 17.7 Å². The van der Waals surface area contributed by atoms with Gasteiger partial charge < -0.3 is 9.67 Å². The fourth-order valence-electron chi connectivity index (χ4n) is 2.77. The minimum atomic E-state index is 0.347. The molecule has 4 rings (SSSR count). The van der Waals surface area contributed by atoms with Crippen LogP contribution in [0.4, 0.5) is 0 Å². The zero-order chi connectivity index (χ0) is 11.4. The number of phenols is 1. The van der Waals surface area contributed by atoms with Crippen LogP contribution in [-0.4, -0.2) is 14.7 Å². The van der Waals surface area contributed by atoms with E-state index in [2.05, 4.69) is 4.57 Å². The predicted octanol–water partition coefficient (Wildman–Crippen LogP) is 3.34. The van der Waals surface area contributed by atoms with Crippen LogP contribution in [0.3, 0.4) is 0 Å². The molecule has 2 aliphatic carbocycles. The number of benzene rings is 1. The van der Waals surface area contributed by atoms with Crippen LogP contribution in [0.2, 0.25) is 0 Å². The van der Waals surface area contributed by atoms with Crippen LogP contribution in [0.25, 0.3) is 11.0 Å². The molecule has 1 N–H and O–H groups in total. The molecule has 1 aromatic heterocycles. The van der Waals surface area contributed by atoms with Crippen LogP contribution in [-0.2, 0) is 0 Å². The Morgan fingerprint density at radius 1 is 1.18 bits per heavy atom. The monoisotopic (exact) mass is 228 g/mol. The summed E-state index contributed by atoms with van der Waals surface area (Å²) in [7, 11) is 0. The van der Waals surface area contributed by atoms with Crippen LogP contribution < -0.4 is 0 Å². The fraction of sp³-hybridized carbons (Fsp3) is 0.500. The second kappa shape index (κ2) is 3.25. The maximum atomic E-state index is 9.63. The van der Waals surface area contributed by atoms with Crippen molar-refractivity contribution in [1.82, 2.24) is 9.55 Å². The van der Waals surface area contributed by atoms with E-state index >= 15 is 0 Å². The van der Waals surface area contributed by atoms with Gasteiger partial charge in [-0.15, -0.1) is 0 Å². The van der Waals surface area contributed by atoms with Gasteiger partial charge in [-0.3, -0.25) is 0 Å². The standard InChI is InChI=1S/C14H16N2O/c17-11-6-7-12-13(8-11)16(10-4-5-10)14(15-12)9-2-1-3-9/h6-10,17H,1-5H2. The van der Waals surface area contributed by atoms with Crippen molar-refractivity contribution in [3.63, 3.8) is 0 Å². The van der Waals surface area contributed by atoms with Crippen molar-refractivity contribution in [3.8, 4) is 5.75 Å². The van der Waals surface area contributed by atoms with Gasteiger partial charge in [0.15, 0.2) is 0 Å². The first kappa shape index (κ1) is 9.51. The SMILES string of the molecule is Oc1ccc2nc(C3CCC3)n(C3CC3)c2c1. The second-order valence-corrected chi connectivity index (χ2v) is 5.37. The van der Waals surface area contributed by atoms with Gasteiger partial charge in [0.05, 0.1) is 11.0 Å². The van der Waals surface area contributed by atoms with Crippen molar-refractivity contribution in [3.05, 3.63) is 24.0 Å². The van der Waals surface area contributed by atoms with Crippen molar-refractivity contribution in [1.29, 1.82) is 0 Å². The van der Waals surface area contributed by atoms with Gasteiger partial charge in [-0.25, -0.2) is 4.98 Å². The summed E-state index contributed by atoms with van der Waals surface area (Å²) in [6.45, 7) is 0. The molecule has 0 atom stereocenters. The van der Waals surface area contributed by atoms with Crippen LogP contribution in [0, 0.1) is 0 Å². The molecule has 0 spiro atoms. The fourth-order valence-corrected chi connectivity index (χ4v) is 2.77. The topological polar surface area (TPSA) is 38.1 Å². The molecule has 0 bridgehead atoms. The van der Waals surface area contributed by atoms with Crippen LogP contribution in [0.1, 0.15) is 49.9 Å². The molecule has 1 aromatic carbocycles. The number of rotatable bonds is 2. The summed E-state index contributed by atoms with van der Waals surface area (Å²) < 4.78 is 2.39. The van der Waals surface area contributed by atoms with Crippen molar-refractivity contribution >= 4 is 11.0 Å². The Balaban J connectivity index is 1.95. The molecular weight excluding hydrogens is 212 g/mol. The second-order valence-electron chi connectivity index (χ2n) is 5.37. The zero-order valence-electron chi connectivity index (χ0n) is 9.76. The van der Waals surface area contributed by atoms with Gasteiger partial charge >= 0.3 is 0 Å². The highest BCUT2D eigenvalue weighted by Crippen LogP contribution is 2.44. The number of fused-ring (bicyclic) bond motifs is 1. The van der Waals surface area contributed by atoms with E-state index in [1.807, 2.05) is 12.1 Å². The Morgan fingerprint density at radius 3 is 2.65 bits per heavy atom. The van der Waals surface area contributed by atoms with E-state index in [9.17, 15) is 5.11 Å². The number of phenolic OH excluding ortho intramolecular Hbond substituents is 1. The molecule has 0 radical (unpaired) electrons. The molecular formula is C14H16N2O. The highest BCUT2D eigenvalue weighted by atomic mass is 16.3. The van der Waals surface area contributed by atoms with Gasteiger partial charge in [-0.05, 0) is 37.8 Å². The minimum Gasteiger partial charge on any atom is -0.508 e. The summed E-state index contributed by atoms with van der Waals surface area (Å²) in [6.07, 6.45) is 6.43. The molecule has 1 heterocycles. The number of imidazole rings is 1. The number of aromatic nitrogens is 2. The summed E-state index contributed by atoms with van der Waals surface area (Å²) >= 11 is 0. The van der Waals surface area contributed by atoms with Crippen molar-refractivity contribution < 1.29 is 5.11 Å². The Morgan fingerprint density at radius 2 is 2.00 bits per heavy atom. The van der Waals surface area contributed by atoms with E-state index in [1.165, 1.54) is 37.9 Å². The summed E-state index contributed by atoms with van der Waals surface area (Å²) in [4.78, 5) is 4.79. The normalized spacial score (nSPS) is 20.7. The molecule has 0 amide bonds. The molecule has 2 aliphatic rings. The third-order valence-corrected chi connectivity index (χ3v) is 4.08. The van der Waals surface area contributed by atoms with Crippen LogP contribution in [0.5, 0.6) is 5.75 Å². The highest BCUT2D eigenvalue weighted by molar-refractivity contribution is 5.78. The summed E-state index contributed by atoms with van der Waals surface area (Å²) in [5.74, 6) is 2.27. The summed E-state index contributed by atoms with van der Waals surface area (Å²) in [5.41, 5.74) is 2.16. The van der Waals surface area contributed by atoms with E-state index in [0.717, 1.165) is 11.0 Å². The van der Waals surface area contributed by atoms with Gasteiger partial charge in [0.2, 0.25) is 0 Å². The van der Waals surface area contributed by atoms with E-state index in [1.54, 1.807) is 6.07 Å². The van der Waals surface area contributed by atoms with Crippen molar-refractivity contribution in [2.45, 2.75) is 44.1 Å². The Bertz CT molecular complexity index is 579. The summed E-state index contributed by atoms with van der Waals surface area (Å²) in [5, 5.41) is 9.63. The summed E-state index contributed by atoms with van der Waals surface area (Å²) in [6, 6.07) is 6.17. The first-order valence-corrected chi connectivity index (χ1v) is 6.54. The average Bonchev–Trinajstić information content (AvgIpc) is 2.99. The van der Waals surface area contributed by atoms with E-state index in [-0.39, 0.29) is 0 Å². The molecule has 3 nitrogen and oxygen atoms in total. The van der Waals surface area contributed by atoms with E-state index < -0.39 is 0 Å². The van der Waals surface area contributed by atoms with Gasteiger partial charge in [-0.2, -0.15) is 0 Å². The molecule has 17 heavy (non-hydrogen) atoms. The molecule has 2 fully saturated rings. The van der Waals surface area contributed by atoms with Crippen LogP contribution >= 0.6 is 0 Å². The number of aromatic hydroxyl groups is 1. The average molecular weight is 228 g/mol. The Kier molecular flexibility index (Phi) is 1.82. The molecule has 2 aromatic rings. The lowest BCUT2D eigenvalue weighted by Crippen LogP contribution is -2.14. The lowest BCUT2D eigenvalue weighted by Gasteiger charge is -2.25. The maximum absolute atomic E-state index is 9.63. The van der Waals surface area contributed by atoms with Gasteiger partial charge in [-0.1, -0.05) is 6.42 Å². The highest BCUT2D eigenvalue weighted by Gasteiger charge is 2.33. The molecule has 88 valence electrons. The Labute approximate surface area is 100 Å².